The average molecular weight is 852 g/mol. The summed E-state index contributed by atoms with van der Waals surface area (Å²) < 4.78 is 37.2. The lowest BCUT2D eigenvalue weighted by molar-refractivity contribution is -0.192. The highest BCUT2D eigenvalue weighted by atomic mass is 32.1. The van der Waals surface area contributed by atoms with Crippen LogP contribution in [-0.2, 0) is 27.3 Å². The van der Waals surface area contributed by atoms with Crippen LogP contribution in [0.2, 0.25) is 0 Å². The van der Waals surface area contributed by atoms with Crippen LogP contribution >= 0.6 is 11.3 Å². The van der Waals surface area contributed by atoms with Crippen molar-refractivity contribution in [3.63, 3.8) is 0 Å². The van der Waals surface area contributed by atoms with E-state index in [1.54, 1.807) is 60.1 Å². The van der Waals surface area contributed by atoms with Gasteiger partial charge in [-0.15, -0.1) is 11.3 Å². The predicted octanol–water partition coefficient (Wildman–Crippen LogP) is 5.14. The second-order valence-corrected chi connectivity index (χ2v) is 14.7. The van der Waals surface area contributed by atoms with E-state index >= 15 is 0 Å². The third kappa shape index (κ3) is 13.6. The molecule has 19 heteroatoms. The molecule has 1 saturated carbocycles. The van der Waals surface area contributed by atoms with Gasteiger partial charge in [0.1, 0.15) is 5.75 Å². The number of aromatic nitrogens is 1. The monoisotopic (exact) mass is 851 g/mol. The van der Waals surface area contributed by atoms with E-state index in [4.69, 9.17) is 20.4 Å². The minimum atomic E-state index is -5.08. The lowest BCUT2D eigenvalue weighted by atomic mass is 10.1. The largest absolute Gasteiger partial charge is 0.490 e. The molecule has 0 radical (unpaired) electrons. The molecule has 2 heterocycles. The van der Waals surface area contributed by atoms with Crippen LogP contribution in [0.1, 0.15) is 80.9 Å². The van der Waals surface area contributed by atoms with Gasteiger partial charge in [0, 0.05) is 59.9 Å². The van der Waals surface area contributed by atoms with Crippen LogP contribution in [0.5, 0.6) is 5.75 Å². The molecular formula is C41H44F3N7O8S. The number of benzene rings is 3. The number of hydrogen-bond donors (Lipinski definition) is 6. The quantitative estimate of drug-likeness (QED) is 0.0768. The van der Waals surface area contributed by atoms with Crippen LogP contribution in [0.3, 0.4) is 0 Å². The minimum absolute atomic E-state index is 0.0837. The Morgan fingerprint density at radius 2 is 1.52 bits per heavy atom. The zero-order valence-corrected chi connectivity index (χ0v) is 33.1. The summed E-state index contributed by atoms with van der Waals surface area (Å²) in [6.45, 7) is 1.41. The van der Waals surface area contributed by atoms with Crippen LogP contribution in [-0.4, -0.2) is 88.5 Å². The number of nitrogens with one attached hydrogen (secondary N) is 4. The van der Waals surface area contributed by atoms with E-state index in [-0.39, 0.29) is 42.2 Å². The maximum atomic E-state index is 13.5. The van der Waals surface area contributed by atoms with Crippen LogP contribution in [0.15, 0.2) is 77.6 Å². The van der Waals surface area contributed by atoms with Crippen LogP contribution in [0.4, 0.5) is 24.5 Å². The number of amides is 5. The number of nitrogens with two attached hydrogens (primary N) is 1. The number of carboxylic acid groups (broad SMARTS) is 1. The van der Waals surface area contributed by atoms with E-state index in [2.05, 4.69) is 26.3 Å². The molecular weight excluding hydrogens is 808 g/mol. The van der Waals surface area contributed by atoms with Gasteiger partial charge in [-0.25, -0.2) is 9.78 Å². The van der Waals surface area contributed by atoms with Gasteiger partial charge in [0.2, 0.25) is 5.91 Å². The molecule has 1 aromatic heterocycles. The molecule has 0 bridgehead atoms. The first kappa shape index (κ1) is 44.8. The number of anilines is 2. The summed E-state index contributed by atoms with van der Waals surface area (Å²) in [6, 6.07) is 18.5. The second kappa shape index (κ2) is 21.1. The van der Waals surface area contributed by atoms with Crippen molar-refractivity contribution in [2.45, 2.75) is 69.8 Å². The highest BCUT2D eigenvalue weighted by Crippen LogP contribution is 2.33. The second-order valence-electron chi connectivity index (χ2n) is 14.0. The Bertz CT molecular complexity index is 2130. The van der Waals surface area contributed by atoms with Gasteiger partial charge < -0.3 is 41.7 Å². The summed E-state index contributed by atoms with van der Waals surface area (Å²) in [5.74, 6) is -3.28. The topological polar surface area (TPSA) is 222 Å². The number of hydrogen-bond acceptors (Lipinski definition) is 10. The molecule has 3 aromatic carbocycles. The van der Waals surface area contributed by atoms with E-state index in [9.17, 15) is 37.1 Å². The molecule has 1 fully saturated rings. The number of carbonyl (C=O) groups is 6. The predicted molar refractivity (Wildman–Crippen MR) is 216 cm³/mol. The van der Waals surface area contributed by atoms with Gasteiger partial charge in [-0.2, -0.15) is 13.2 Å². The van der Waals surface area contributed by atoms with E-state index in [0.29, 0.717) is 59.9 Å². The van der Waals surface area contributed by atoms with Crippen molar-refractivity contribution in [3.8, 4) is 5.75 Å². The molecule has 0 saturated heterocycles. The lowest BCUT2D eigenvalue weighted by Gasteiger charge is -2.24. The summed E-state index contributed by atoms with van der Waals surface area (Å²) in [5.41, 5.74) is 12.0. The molecule has 0 spiro atoms. The van der Waals surface area contributed by atoms with Gasteiger partial charge in [0.25, 0.3) is 23.6 Å². The lowest BCUT2D eigenvalue weighted by Crippen LogP contribution is -2.42. The van der Waals surface area contributed by atoms with Crippen molar-refractivity contribution in [2.24, 2.45) is 5.73 Å². The number of rotatable bonds is 17. The fourth-order valence-electron chi connectivity index (χ4n) is 5.90. The van der Waals surface area contributed by atoms with Gasteiger partial charge in [0.15, 0.2) is 6.61 Å². The SMILES string of the molecule is N[C@@H](Cc1cscn1)C(=O)NCCCCCCNC(=O)c1ccc(NC(=O)c2ccc(CN(C(=O)c3ccc4c(c3)OCC(=O)N4)C3CC3)cc2)cc1.O=C(O)C(F)(F)F. The van der Waals surface area contributed by atoms with Crippen molar-refractivity contribution in [1.29, 1.82) is 0 Å². The Hall–Kier alpha value is -6.34. The van der Waals surface area contributed by atoms with Gasteiger partial charge in [-0.05, 0) is 85.8 Å². The average Bonchev–Trinajstić information content (AvgIpc) is 3.94. The van der Waals surface area contributed by atoms with Gasteiger partial charge in [-0.3, -0.25) is 24.0 Å². The van der Waals surface area contributed by atoms with E-state index in [1.165, 1.54) is 11.3 Å². The van der Waals surface area contributed by atoms with E-state index in [1.807, 2.05) is 22.4 Å². The number of fused-ring (bicyclic) bond motifs is 1. The molecule has 1 atom stereocenters. The molecule has 1 aliphatic heterocycles. The number of carboxylic acids is 1. The van der Waals surface area contributed by atoms with Crippen molar-refractivity contribution in [3.05, 3.63) is 106 Å². The van der Waals surface area contributed by atoms with E-state index in [0.717, 1.165) is 49.8 Å². The van der Waals surface area contributed by atoms with Gasteiger partial charge >= 0.3 is 12.1 Å². The molecule has 318 valence electrons. The number of carbonyl (C=O) groups excluding carboxylic acids is 5. The number of thiazole rings is 1. The van der Waals surface area contributed by atoms with Crippen molar-refractivity contribution >= 4 is 58.2 Å². The Morgan fingerprint density at radius 1 is 0.900 bits per heavy atom. The molecule has 60 heavy (non-hydrogen) atoms. The van der Waals surface area contributed by atoms with Crippen molar-refractivity contribution in [1.82, 2.24) is 20.5 Å². The zero-order chi connectivity index (χ0) is 43.2. The number of halogens is 3. The van der Waals surface area contributed by atoms with Crippen LogP contribution < -0.4 is 31.7 Å². The normalized spacial score (nSPS) is 13.6. The van der Waals surface area contributed by atoms with Crippen molar-refractivity contribution < 1.29 is 51.8 Å². The number of alkyl halides is 3. The summed E-state index contributed by atoms with van der Waals surface area (Å²) in [6.07, 6.45) is 0.683. The summed E-state index contributed by atoms with van der Waals surface area (Å²) in [7, 11) is 0. The Kier molecular flexibility index (Phi) is 15.7. The first-order valence-corrected chi connectivity index (χ1v) is 20.0. The van der Waals surface area contributed by atoms with Crippen LogP contribution in [0, 0.1) is 0 Å². The summed E-state index contributed by atoms with van der Waals surface area (Å²) in [5, 5.41) is 20.4. The standard InChI is InChI=1S/C39H43N7O6S.C2HF3O2/c40-32(20-30-23-53-24-43-30)38(50)42-18-4-2-1-3-17-41-36(48)26-9-12-29(13-10-26)44-37(49)27-7-5-25(6-8-27)21-46(31-14-15-31)39(51)28-11-16-33-34(19-28)52-22-35(47)45-33;3-2(4,5)1(6)7/h5-13,16,19,23-24,31-32H,1-4,14-15,17-18,20-22,40H2,(H,41,48)(H,42,50)(H,44,49)(H,45,47);(H,6,7)/t32-;/m0./s1. The smallest absolute Gasteiger partial charge is 0.482 e. The summed E-state index contributed by atoms with van der Waals surface area (Å²) >= 11 is 1.48. The van der Waals surface area contributed by atoms with Crippen molar-refractivity contribution in [2.75, 3.05) is 30.3 Å². The number of unbranched alkanes of at least 4 members (excludes halogenated alkanes) is 3. The van der Waals surface area contributed by atoms with E-state index < -0.39 is 18.2 Å². The maximum absolute atomic E-state index is 13.5. The molecule has 4 aromatic rings. The van der Waals surface area contributed by atoms with Crippen LogP contribution in [0.25, 0.3) is 0 Å². The maximum Gasteiger partial charge on any atom is 0.490 e. The number of ether oxygens (including phenoxy) is 1. The fraction of sp³-hybridized carbons (Fsp3) is 0.341. The molecule has 6 rings (SSSR count). The number of aliphatic carboxylic acids is 1. The minimum Gasteiger partial charge on any atom is -0.482 e. The van der Waals surface area contributed by atoms with Gasteiger partial charge in [0.05, 0.1) is 22.9 Å². The van der Waals surface area contributed by atoms with Gasteiger partial charge in [-0.1, -0.05) is 25.0 Å². The first-order chi connectivity index (χ1) is 28.7. The Labute approximate surface area is 346 Å². The Balaban J connectivity index is 0.000000896. The molecule has 15 nitrogen and oxygen atoms in total. The Morgan fingerprint density at radius 3 is 2.13 bits per heavy atom. The molecule has 7 N–H and O–H groups in total. The molecule has 5 amide bonds. The third-order valence-electron chi connectivity index (χ3n) is 9.26. The fourth-order valence-corrected chi connectivity index (χ4v) is 6.47. The molecule has 2 aliphatic rings. The molecule has 0 unspecified atom stereocenters. The summed E-state index contributed by atoms with van der Waals surface area (Å²) in [4.78, 5) is 77.7. The number of nitrogens with zero attached hydrogens (tertiary/aromatic N) is 2. The molecule has 1 aliphatic carbocycles. The zero-order valence-electron chi connectivity index (χ0n) is 32.3. The first-order valence-electron chi connectivity index (χ1n) is 19.0. The highest BCUT2D eigenvalue weighted by molar-refractivity contribution is 7.07. The third-order valence-corrected chi connectivity index (χ3v) is 9.90. The highest BCUT2D eigenvalue weighted by Gasteiger charge is 2.38.